The number of aromatic nitrogens is 1. The van der Waals surface area contributed by atoms with E-state index in [1.54, 1.807) is 6.07 Å². The van der Waals surface area contributed by atoms with Crippen molar-refractivity contribution in [1.29, 1.82) is 0 Å². The second kappa shape index (κ2) is 6.44. The largest absolute Gasteiger partial charge is 0.397 e. The lowest BCUT2D eigenvalue weighted by molar-refractivity contribution is -0.117. The number of hydrogen-bond acceptors (Lipinski definition) is 4. The van der Waals surface area contributed by atoms with Gasteiger partial charge in [0.1, 0.15) is 5.82 Å². The molecule has 88 valence electrons. The standard InChI is InChI=1S/C10H14BrN3O2/c1-2-16-4-3-9(15)14-10-8(11)5-7(12)6-13-10/h5-6H,2-4,12H2,1H3,(H,13,14,15). The fourth-order valence-corrected chi connectivity index (χ4v) is 1.51. The summed E-state index contributed by atoms with van der Waals surface area (Å²) in [4.78, 5) is 15.4. The smallest absolute Gasteiger partial charge is 0.227 e. The third kappa shape index (κ3) is 4.16. The number of nitrogens with one attached hydrogen (secondary N) is 1. The first-order valence-corrected chi connectivity index (χ1v) is 5.71. The third-order valence-electron chi connectivity index (χ3n) is 1.80. The minimum Gasteiger partial charge on any atom is -0.397 e. The quantitative estimate of drug-likeness (QED) is 0.810. The van der Waals surface area contributed by atoms with Crippen molar-refractivity contribution < 1.29 is 9.53 Å². The molecule has 3 N–H and O–H groups in total. The summed E-state index contributed by atoms with van der Waals surface area (Å²) in [5.41, 5.74) is 6.07. The highest BCUT2D eigenvalue weighted by molar-refractivity contribution is 9.10. The zero-order valence-corrected chi connectivity index (χ0v) is 10.6. The van der Waals surface area contributed by atoms with Crippen molar-refractivity contribution in [3.63, 3.8) is 0 Å². The predicted octanol–water partition coefficient (Wildman–Crippen LogP) is 1.79. The van der Waals surface area contributed by atoms with Gasteiger partial charge in [-0.05, 0) is 28.9 Å². The molecule has 0 bridgehead atoms. The summed E-state index contributed by atoms with van der Waals surface area (Å²) in [6.45, 7) is 2.90. The van der Waals surface area contributed by atoms with E-state index in [1.165, 1.54) is 6.20 Å². The third-order valence-corrected chi connectivity index (χ3v) is 2.40. The fourth-order valence-electron chi connectivity index (χ4n) is 1.05. The van der Waals surface area contributed by atoms with E-state index in [0.29, 0.717) is 35.6 Å². The Hall–Kier alpha value is -1.14. The van der Waals surface area contributed by atoms with Gasteiger partial charge in [-0.1, -0.05) is 0 Å². The van der Waals surface area contributed by atoms with Crippen molar-refractivity contribution in [1.82, 2.24) is 4.98 Å². The topological polar surface area (TPSA) is 77.2 Å². The minimum atomic E-state index is -0.133. The first-order valence-electron chi connectivity index (χ1n) is 4.92. The van der Waals surface area contributed by atoms with Gasteiger partial charge < -0.3 is 15.8 Å². The zero-order chi connectivity index (χ0) is 12.0. The van der Waals surface area contributed by atoms with Gasteiger partial charge in [-0.2, -0.15) is 0 Å². The number of ether oxygens (including phenoxy) is 1. The van der Waals surface area contributed by atoms with E-state index in [9.17, 15) is 4.79 Å². The van der Waals surface area contributed by atoms with Gasteiger partial charge in [-0.15, -0.1) is 0 Å². The van der Waals surface area contributed by atoms with Gasteiger partial charge in [-0.3, -0.25) is 4.79 Å². The van der Waals surface area contributed by atoms with E-state index >= 15 is 0 Å². The van der Waals surface area contributed by atoms with Crippen molar-refractivity contribution in [2.75, 3.05) is 24.3 Å². The monoisotopic (exact) mass is 287 g/mol. The second-order valence-electron chi connectivity index (χ2n) is 3.09. The van der Waals surface area contributed by atoms with Crippen molar-refractivity contribution in [2.45, 2.75) is 13.3 Å². The number of carbonyl (C=O) groups excluding carboxylic acids is 1. The Bertz CT molecular complexity index is 371. The molecule has 0 fully saturated rings. The number of hydrogen-bond donors (Lipinski definition) is 2. The highest BCUT2D eigenvalue weighted by Crippen LogP contribution is 2.21. The minimum absolute atomic E-state index is 0.133. The van der Waals surface area contributed by atoms with Crippen LogP contribution in [-0.2, 0) is 9.53 Å². The Kier molecular flexibility index (Phi) is 5.21. The Morgan fingerprint density at radius 1 is 1.69 bits per heavy atom. The summed E-state index contributed by atoms with van der Waals surface area (Å²) in [6, 6.07) is 1.69. The maximum Gasteiger partial charge on any atom is 0.227 e. The van der Waals surface area contributed by atoms with Crippen LogP contribution in [0.1, 0.15) is 13.3 Å². The maximum atomic E-state index is 11.4. The van der Waals surface area contributed by atoms with Crippen molar-refractivity contribution in [3.05, 3.63) is 16.7 Å². The van der Waals surface area contributed by atoms with Crippen LogP contribution in [0.2, 0.25) is 0 Å². The van der Waals surface area contributed by atoms with Gasteiger partial charge in [0.15, 0.2) is 0 Å². The van der Waals surface area contributed by atoms with E-state index in [-0.39, 0.29) is 5.91 Å². The molecule has 0 aliphatic rings. The van der Waals surface area contributed by atoms with Crippen LogP contribution in [0.5, 0.6) is 0 Å². The van der Waals surface area contributed by atoms with Crippen molar-refractivity contribution in [3.8, 4) is 0 Å². The van der Waals surface area contributed by atoms with Gasteiger partial charge in [-0.25, -0.2) is 4.98 Å². The molecule has 0 aromatic carbocycles. The summed E-state index contributed by atoms with van der Waals surface area (Å²) >= 11 is 3.27. The number of nitrogens with zero attached hydrogens (tertiary/aromatic N) is 1. The molecule has 0 spiro atoms. The molecular weight excluding hydrogens is 274 g/mol. The summed E-state index contributed by atoms with van der Waals surface area (Å²) in [5, 5.41) is 2.66. The molecule has 1 amide bonds. The molecule has 6 heteroatoms. The number of halogens is 1. The molecule has 0 aliphatic heterocycles. The molecule has 1 heterocycles. The number of amides is 1. The Labute approximate surface area is 103 Å². The summed E-state index contributed by atoms with van der Waals surface area (Å²) < 4.78 is 5.74. The first-order chi connectivity index (χ1) is 7.63. The van der Waals surface area contributed by atoms with Crippen LogP contribution in [0.3, 0.4) is 0 Å². The Balaban J connectivity index is 2.49. The van der Waals surface area contributed by atoms with Gasteiger partial charge in [0.05, 0.1) is 29.4 Å². The predicted molar refractivity (Wildman–Crippen MR) is 66.1 cm³/mol. The molecule has 0 saturated carbocycles. The normalized spacial score (nSPS) is 10.1. The highest BCUT2D eigenvalue weighted by Gasteiger charge is 2.06. The number of nitrogen functional groups attached to an aromatic ring is 1. The van der Waals surface area contributed by atoms with Crippen molar-refractivity contribution in [2.24, 2.45) is 0 Å². The van der Waals surface area contributed by atoms with Crippen LogP contribution in [0.4, 0.5) is 11.5 Å². The maximum absolute atomic E-state index is 11.4. The molecular formula is C10H14BrN3O2. The van der Waals surface area contributed by atoms with Gasteiger partial charge in [0, 0.05) is 6.61 Å². The lowest BCUT2D eigenvalue weighted by Crippen LogP contribution is -2.15. The second-order valence-corrected chi connectivity index (χ2v) is 3.95. The summed E-state index contributed by atoms with van der Waals surface area (Å²) in [7, 11) is 0. The molecule has 0 saturated heterocycles. The fraction of sp³-hybridized carbons (Fsp3) is 0.400. The van der Waals surface area contributed by atoms with E-state index in [2.05, 4.69) is 26.2 Å². The molecule has 0 aliphatic carbocycles. The van der Waals surface area contributed by atoms with Crippen LogP contribution in [-0.4, -0.2) is 24.1 Å². The van der Waals surface area contributed by atoms with Crippen molar-refractivity contribution >= 4 is 33.3 Å². The molecule has 0 unspecified atom stereocenters. The number of carbonyl (C=O) groups is 1. The zero-order valence-electron chi connectivity index (χ0n) is 9.00. The van der Waals surface area contributed by atoms with Gasteiger partial charge >= 0.3 is 0 Å². The first kappa shape index (κ1) is 12.9. The van der Waals surface area contributed by atoms with E-state index in [4.69, 9.17) is 10.5 Å². The number of rotatable bonds is 5. The van der Waals surface area contributed by atoms with Gasteiger partial charge in [0.2, 0.25) is 5.91 Å². The highest BCUT2D eigenvalue weighted by atomic mass is 79.9. The van der Waals surface area contributed by atoms with Crippen LogP contribution < -0.4 is 11.1 Å². The van der Waals surface area contributed by atoms with Gasteiger partial charge in [0.25, 0.3) is 0 Å². The average Bonchev–Trinajstić information content (AvgIpc) is 2.23. The number of pyridine rings is 1. The lowest BCUT2D eigenvalue weighted by atomic mass is 10.4. The lowest BCUT2D eigenvalue weighted by Gasteiger charge is -2.06. The van der Waals surface area contributed by atoms with Crippen LogP contribution in [0.15, 0.2) is 16.7 Å². The van der Waals surface area contributed by atoms with Crippen LogP contribution >= 0.6 is 15.9 Å². The molecule has 0 atom stereocenters. The number of anilines is 2. The summed E-state index contributed by atoms with van der Waals surface area (Å²) in [6.07, 6.45) is 1.80. The SMILES string of the molecule is CCOCCC(=O)Nc1ncc(N)cc1Br. The van der Waals surface area contributed by atoms with E-state index < -0.39 is 0 Å². The molecule has 1 rings (SSSR count). The molecule has 1 aromatic rings. The average molecular weight is 288 g/mol. The number of nitrogens with two attached hydrogens (primary N) is 1. The van der Waals surface area contributed by atoms with Crippen LogP contribution in [0, 0.1) is 0 Å². The van der Waals surface area contributed by atoms with E-state index in [1.807, 2.05) is 6.92 Å². The van der Waals surface area contributed by atoms with Crippen LogP contribution in [0.25, 0.3) is 0 Å². The molecule has 1 aromatic heterocycles. The molecule has 16 heavy (non-hydrogen) atoms. The Morgan fingerprint density at radius 3 is 3.06 bits per heavy atom. The van der Waals surface area contributed by atoms with E-state index in [0.717, 1.165) is 0 Å². The Morgan fingerprint density at radius 2 is 2.44 bits per heavy atom. The molecule has 0 radical (unpaired) electrons. The molecule has 5 nitrogen and oxygen atoms in total. The summed E-state index contributed by atoms with van der Waals surface area (Å²) in [5.74, 6) is 0.335.